The highest BCUT2D eigenvalue weighted by molar-refractivity contribution is 5.72. The van der Waals surface area contributed by atoms with E-state index in [1.165, 1.54) is 18.4 Å². The van der Waals surface area contributed by atoms with Crippen molar-refractivity contribution in [2.24, 2.45) is 0 Å². The monoisotopic (exact) mass is 206 g/mol. The van der Waals surface area contributed by atoms with Crippen molar-refractivity contribution in [1.29, 1.82) is 0 Å². The Hall–Kier alpha value is -1.22. The lowest BCUT2D eigenvalue weighted by Crippen LogP contribution is -2.30. The summed E-state index contributed by atoms with van der Waals surface area (Å²) in [5.41, 5.74) is 9.11. The summed E-state index contributed by atoms with van der Waals surface area (Å²) in [5, 5.41) is 9.07. The van der Waals surface area contributed by atoms with Crippen LogP contribution in [0.2, 0.25) is 0 Å². The second-order valence-electron chi connectivity index (χ2n) is 4.16. The predicted octanol–water partition coefficient (Wildman–Crippen LogP) is 1.54. The summed E-state index contributed by atoms with van der Waals surface area (Å²) in [6.07, 6.45) is 2.43. The Morgan fingerprint density at radius 2 is 2.20 bits per heavy atom. The minimum Gasteiger partial charge on any atom is -0.397 e. The second kappa shape index (κ2) is 4.11. The highest BCUT2D eigenvalue weighted by Gasteiger charge is 2.30. The van der Waals surface area contributed by atoms with Gasteiger partial charge in [0.2, 0.25) is 0 Å². The van der Waals surface area contributed by atoms with Crippen LogP contribution in [0.1, 0.15) is 18.4 Å². The summed E-state index contributed by atoms with van der Waals surface area (Å²) in [4.78, 5) is 2.24. The van der Waals surface area contributed by atoms with Crippen molar-refractivity contribution < 1.29 is 5.11 Å². The maximum atomic E-state index is 9.07. The zero-order valence-electron chi connectivity index (χ0n) is 9.11. The average molecular weight is 206 g/mol. The van der Waals surface area contributed by atoms with Crippen molar-refractivity contribution in [1.82, 2.24) is 0 Å². The molecule has 0 atom stereocenters. The van der Waals surface area contributed by atoms with Crippen molar-refractivity contribution in [3.05, 3.63) is 23.8 Å². The number of benzene rings is 1. The maximum Gasteiger partial charge on any atom is 0.0632 e. The quantitative estimate of drug-likeness (QED) is 0.735. The summed E-state index contributed by atoms with van der Waals surface area (Å²) >= 11 is 0. The lowest BCUT2D eigenvalue weighted by atomic mass is 10.1. The number of nitrogens with two attached hydrogens (primary N) is 1. The zero-order chi connectivity index (χ0) is 10.8. The molecule has 1 aliphatic carbocycles. The third kappa shape index (κ3) is 2.07. The first-order chi connectivity index (χ1) is 7.24. The Labute approximate surface area is 90.5 Å². The fraction of sp³-hybridized carbons (Fsp3) is 0.500. The van der Waals surface area contributed by atoms with Gasteiger partial charge in [-0.1, -0.05) is 12.1 Å². The molecule has 0 radical (unpaired) electrons. The van der Waals surface area contributed by atoms with Gasteiger partial charge in [-0.15, -0.1) is 0 Å². The molecule has 0 aromatic heterocycles. The lowest BCUT2D eigenvalue weighted by molar-refractivity contribution is 0.301. The smallest absolute Gasteiger partial charge is 0.0632 e. The van der Waals surface area contributed by atoms with Gasteiger partial charge >= 0.3 is 0 Å². The number of para-hydroxylation sites is 1. The average Bonchev–Trinajstić information content (AvgIpc) is 2.99. The van der Waals surface area contributed by atoms with Crippen LogP contribution < -0.4 is 10.6 Å². The van der Waals surface area contributed by atoms with Gasteiger partial charge in [0, 0.05) is 12.6 Å². The summed E-state index contributed by atoms with van der Waals surface area (Å²) in [6.45, 7) is 2.93. The molecule has 0 heterocycles. The summed E-state index contributed by atoms with van der Waals surface area (Å²) in [5.74, 6) is 0. The van der Waals surface area contributed by atoms with E-state index in [0.717, 1.165) is 11.4 Å². The van der Waals surface area contributed by atoms with E-state index in [9.17, 15) is 0 Å². The molecule has 82 valence electrons. The molecule has 0 unspecified atom stereocenters. The van der Waals surface area contributed by atoms with Gasteiger partial charge in [0.15, 0.2) is 0 Å². The largest absolute Gasteiger partial charge is 0.397 e. The topological polar surface area (TPSA) is 49.5 Å². The van der Waals surface area contributed by atoms with E-state index in [1.54, 1.807) is 0 Å². The minimum absolute atomic E-state index is 0.185. The molecule has 1 saturated carbocycles. The van der Waals surface area contributed by atoms with Gasteiger partial charge in [-0.25, -0.2) is 0 Å². The molecule has 3 N–H and O–H groups in total. The van der Waals surface area contributed by atoms with Crippen molar-refractivity contribution in [2.45, 2.75) is 25.8 Å². The van der Waals surface area contributed by atoms with E-state index in [2.05, 4.69) is 17.9 Å². The lowest BCUT2D eigenvalue weighted by Gasteiger charge is -2.27. The molecule has 0 bridgehead atoms. The molecule has 3 heteroatoms. The van der Waals surface area contributed by atoms with Crippen molar-refractivity contribution in [3.8, 4) is 0 Å². The third-order valence-electron chi connectivity index (χ3n) is 2.88. The van der Waals surface area contributed by atoms with Crippen LogP contribution in [0.3, 0.4) is 0 Å². The van der Waals surface area contributed by atoms with Crippen LogP contribution in [-0.2, 0) is 0 Å². The number of aliphatic hydroxyl groups excluding tert-OH is 1. The van der Waals surface area contributed by atoms with E-state index in [4.69, 9.17) is 10.8 Å². The maximum absolute atomic E-state index is 9.07. The first-order valence-electron chi connectivity index (χ1n) is 5.46. The third-order valence-corrected chi connectivity index (χ3v) is 2.88. The number of nitrogen functional groups attached to an aromatic ring is 1. The van der Waals surface area contributed by atoms with Gasteiger partial charge in [-0.2, -0.15) is 0 Å². The molecule has 1 fully saturated rings. The van der Waals surface area contributed by atoms with Crippen molar-refractivity contribution in [3.63, 3.8) is 0 Å². The standard InChI is InChI=1S/C12H18N2O/c1-9-3-2-4-11(13)12(9)14(7-8-15)10-5-6-10/h2-4,10,15H,5-8,13H2,1H3. The molecule has 1 aliphatic rings. The molecule has 0 amide bonds. The number of hydrogen-bond donors (Lipinski definition) is 2. The number of rotatable bonds is 4. The number of nitrogens with zero attached hydrogens (tertiary/aromatic N) is 1. The first-order valence-corrected chi connectivity index (χ1v) is 5.46. The molecule has 0 aliphatic heterocycles. The van der Waals surface area contributed by atoms with Crippen molar-refractivity contribution >= 4 is 11.4 Å². The molecule has 2 rings (SSSR count). The van der Waals surface area contributed by atoms with Crippen LogP contribution in [0, 0.1) is 6.92 Å². The number of hydrogen-bond acceptors (Lipinski definition) is 3. The van der Waals surface area contributed by atoms with Crippen LogP contribution in [0.25, 0.3) is 0 Å². The van der Waals surface area contributed by atoms with Crippen LogP contribution in [0.4, 0.5) is 11.4 Å². The van der Waals surface area contributed by atoms with E-state index in [1.807, 2.05) is 12.1 Å². The predicted molar refractivity (Wildman–Crippen MR) is 63.0 cm³/mol. The molecular formula is C12H18N2O. The molecule has 0 saturated heterocycles. The normalized spacial score (nSPS) is 15.3. The van der Waals surface area contributed by atoms with Gasteiger partial charge in [0.05, 0.1) is 18.0 Å². The van der Waals surface area contributed by atoms with Crippen molar-refractivity contribution in [2.75, 3.05) is 23.8 Å². The molecule has 1 aromatic rings. The van der Waals surface area contributed by atoms with Gasteiger partial charge in [-0.05, 0) is 31.4 Å². The highest BCUT2D eigenvalue weighted by Crippen LogP contribution is 2.36. The van der Waals surface area contributed by atoms with E-state index < -0.39 is 0 Å². The Kier molecular flexibility index (Phi) is 2.82. The fourth-order valence-electron chi connectivity index (χ4n) is 2.04. The van der Waals surface area contributed by atoms with Gasteiger partial charge in [0.25, 0.3) is 0 Å². The first kappa shape index (κ1) is 10.3. The van der Waals surface area contributed by atoms with Gasteiger partial charge < -0.3 is 15.7 Å². The SMILES string of the molecule is Cc1cccc(N)c1N(CCO)C1CC1. The Bertz CT molecular complexity index is 327. The van der Waals surface area contributed by atoms with Crippen LogP contribution in [0.5, 0.6) is 0 Å². The number of aliphatic hydroxyl groups is 1. The Morgan fingerprint density at radius 1 is 1.47 bits per heavy atom. The van der Waals surface area contributed by atoms with E-state index in [-0.39, 0.29) is 6.61 Å². The summed E-state index contributed by atoms with van der Waals surface area (Å²) < 4.78 is 0. The highest BCUT2D eigenvalue weighted by atomic mass is 16.3. The van der Waals surface area contributed by atoms with Crippen LogP contribution in [-0.4, -0.2) is 24.3 Å². The fourth-order valence-corrected chi connectivity index (χ4v) is 2.04. The molecule has 1 aromatic carbocycles. The Morgan fingerprint density at radius 3 is 2.73 bits per heavy atom. The Balaban J connectivity index is 2.31. The van der Waals surface area contributed by atoms with Crippen LogP contribution in [0.15, 0.2) is 18.2 Å². The second-order valence-corrected chi connectivity index (χ2v) is 4.16. The van der Waals surface area contributed by atoms with Gasteiger partial charge in [0.1, 0.15) is 0 Å². The van der Waals surface area contributed by atoms with Crippen LogP contribution >= 0.6 is 0 Å². The van der Waals surface area contributed by atoms with Gasteiger partial charge in [-0.3, -0.25) is 0 Å². The minimum atomic E-state index is 0.185. The summed E-state index contributed by atoms with van der Waals surface area (Å²) in [6, 6.07) is 6.55. The molecule has 3 nitrogen and oxygen atoms in total. The number of aryl methyl sites for hydroxylation is 1. The number of anilines is 2. The van der Waals surface area contributed by atoms with E-state index >= 15 is 0 Å². The molecule has 15 heavy (non-hydrogen) atoms. The summed E-state index contributed by atoms with van der Waals surface area (Å²) in [7, 11) is 0. The zero-order valence-corrected chi connectivity index (χ0v) is 9.11. The molecular weight excluding hydrogens is 188 g/mol. The molecule has 0 spiro atoms. The van der Waals surface area contributed by atoms with E-state index in [0.29, 0.717) is 12.6 Å².